The van der Waals surface area contributed by atoms with Crippen molar-refractivity contribution in [2.24, 2.45) is 5.14 Å². The van der Waals surface area contributed by atoms with Gasteiger partial charge in [0, 0.05) is 12.3 Å². The molecule has 1 atom stereocenters. The Morgan fingerprint density at radius 1 is 1.38 bits per heavy atom. The SMILES string of the molecule is NS1=C(C(=O)C=Cc2ccccc2)NCC1. The van der Waals surface area contributed by atoms with Crippen molar-refractivity contribution in [1.82, 2.24) is 5.32 Å². The number of hydrogen-bond acceptors (Lipinski definition) is 3. The lowest BCUT2D eigenvalue weighted by Crippen LogP contribution is -2.26. The Balaban J connectivity index is 2.08. The van der Waals surface area contributed by atoms with E-state index < -0.39 is 10.7 Å². The van der Waals surface area contributed by atoms with Gasteiger partial charge in [0.2, 0.25) is 5.78 Å². The van der Waals surface area contributed by atoms with E-state index in [0.717, 1.165) is 17.9 Å². The minimum Gasteiger partial charge on any atom is -0.288 e. The molecule has 4 heteroatoms. The first-order valence-electron chi connectivity index (χ1n) is 5.11. The summed E-state index contributed by atoms with van der Waals surface area (Å²) >= 11 is 0. The van der Waals surface area contributed by atoms with Crippen molar-refractivity contribution in [2.75, 3.05) is 12.3 Å². The molecule has 84 valence electrons. The lowest BCUT2D eigenvalue weighted by molar-refractivity contribution is -0.108. The number of carbonyl (C=O) groups is 1. The summed E-state index contributed by atoms with van der Waals surface area (Å²) in [6.45, 7) is 0.805. The van der Waals surface area contributed by atoms with Crippen LogP contribution < -0.4 is 10.5 Å². The lowest BCUT2D eigenvalue weighted by Gasteiger charge is -1.98. The van der Waals surface area contributed by atoms with E-state index in [-0.39, 0.29) is 5.78 Å². The summed E-state index contributed by atoms with van der Waals surface area (Å²) in [5.41, 5.74) is 1.02. The highest BCUT2D eigenvalue weighted by atomic mass is 32.2. The summed E-state index contributed by atoms with van der Waals surface area (Å²) in [6, 6.07) is 9.75. The van der Waals surface area contributed by atoms with Crippen molar-refractivity contribution in [1.29, 1.82) is 0 Å². The Kier molecular flexibility index (Phi) is 3.66. The standard InChI is InChI=1S/C12H14N2OS/c13-16-9-8-14-12(16)11(15)7-6-10-4-2-1-3-5-10/h1-7,14H,8-9,13H2. The first-order valence-corrected chi connectivity index (χ1v) is 6.56. The second-order valence-electron chi connectivity index (χ2n) is 3.50. The van der Waals surface area contributed by atoms with Crippen LogP contribution in [-0.2, 0) is 4.79 Å². The van der Waals surface area contributed by atoms with Crippen LogP contribution in [0.3, 0.4) is 0 Å². The summed E-state index contributed by atoms with van der Waals surface area (Å²) in [7, 11) is -0.394. The third-order valence-electron chi connectivity index (χ3n) is 2.32. The predicted molar refractivity (Wildman–Crippen MR) is 70.1 cm³/mol. The summed E-state index contributed by atoms with van der Waals surface area (Å²) in [6.07, 6.45) is 3.39. The molecule has 3 N–H and O–H groups in total. The predicted octanol–water partition coefficient (Wildman–Crippen LogP) is 1.14. The monoisotopic (exact) mass is 234 g/mol. The van der Waals surface area contributed by atoms with Gasteiger partial charge in [-0.15, -0.1) is 10.7 Å². The fourth-order valence-electron chi connectivity index (χ4n) is 1.50. The molecule has 3 nitrogen and oxygen atoms in total. The van der Waals surface area contributed by atoms with Gasteiger partial charge < -0.3 is 0 Å². The molecule has 0 bridgehead atoms. The molecule has 1 unspecified atom stereocenters. The van der Waals surface area contributed by atoms with E-state index in [1.165, 1.54) is 0 Å². The fraction of sp³-hybridized carbons (Fsp3) is 0.167. The van der Waals surface area contributed by atoms with Gasteiger partial charge in [-0.3, -0.25) is 15.3 Å². The van der Waals surface area contributed by atoms with Gasteiger partial charge in [-0.2, -0.15) is 0 Å². The molecule has 0 spiro atoms. The van der Waals surface area contributed by atoms with E-state index in [9.17, 15) is 4.79 Å². The molecule has 1 aromatic carbocycles. The van der Waals surface area contributed by atoms with E-state index in [4.69, 9.17) is 5.14 Å². The Labute approximate surface area is 97.4 Å². The largest absolute Gasteiger partial charge is 0.288 e. The molecule has 0 radical (unpaired) electrons. The molecule has 1 heterocycles. The van der Waals surface area contributed by atoms with Crippen LogP contribution in [0, 0.1) is 0 Å². The van der Waals surface area contributed by atoms with E-state index in [2.05, 4.69) is 5.32 Å². The van der Waals surface area contributed by atoms with E-state index in [1.807, 2.05) is 36.4 Å². The van der Waals surface area contributed by atoms with Crippen molar-refractivity contribution in [3.05, 3.63) is 42.0 Å². The Bertz CT molecular complexity index is 451. The number of nitrogens with one attached hydrogen (secondary N) is 1. The maximum atomic E-state index is 11.8. The minimum absolute atomic E-state index is 0.00723. The topological polar surface area (TPSA) is 55.1 Å². The van der Waals surface area contributed by atoms with Gasteiger partial charge in [0.25, 0.3) is 0 Å². The molecule has 0 fully saturated rings. The Hall–Kier alpha value is -1.23. The second-order valence-corrected chi connectivity index (χ2v) is 5.17. The average Bonchev–Trinajstić information content (AvgIpc) is 2.74. The van der Waals surface area contributed by atoms with Crippen molar-refractivity contribution in [3.8, 4) is 0 Å². The van der Waals surface area contributed by atoms with Gasteiger partial charge >= 0.3 is 0 Å². The summed E-state index contributed by atoms with van der Waals surface area (Å²) < 4.78 is 0. The zero-order valence-corrected chi connectivity index (χ0v) is 9.67. The van der Waals surface area contributed by atoms with Crippen LogP contribution in [0.15, 0.2) is 36.4 Å². The summed E-state index contributed by atoms with van der Waals surface area (Å²) in [5, 5.41) is 8.87. The molecule has 2 rings (SSSR count). The number of ketones is 1. The minimum atomic E-state index is -0.394. The molecule has 0 aliphatic carbocycles. The molecule has 1 aliphatic heterocycles. The molecular weight excluding hydrogens is 220 g/mol. The zero-order valence-electron chi connectivity index (χ0n) is 8.85. The molecule has 0 saturated carbocycles. The quantitative estimate of drug-likeness (QED) is 0.609. The van der Waals surface area contributed by atoms with E-state index in [1.54, 1.807) is 6.08 Å². The van der Waals surface area contributed by atoms with Gasteiger partial charge in [-0.25, -0.2) is 0 Å². The van der Waals surface area contributed by atoms with Gasteiger partial charge in [0.05, 0.1) is 0 Å². The number of nitrogens with two attached hydrogens (primary N) is 1. The van der Waals surface area contributed by atoms with Crippen LogP contribution in [0.1, 0.15) is 5.56 Å². The first kappa shape index (κ1) is 11.3. The summed E-state index contributed by atoms with van der Waals surface area (Å²) in [4.78, 5) is 12.4. The average molecular weight is 234 g/mol. The van der Waals surface area contributed by atoms with Crippen LogP contribution in [0.25, 0.3) is 6.08 Å². The highest BCUT2D eigenvalue weighted by molar-refractivity contribution is 8.15. The third kappa shape index (κ3) is 2.66. The van der Waals surface area contributed by atoms with Gasteiger partial charge in [-0.05, 0) is 11.6 Å². The Morgan fingerprint density at radius 2 is 2.12 bits per heavy atom. The van der Waals surface area contributed by atoms with Crippen LogP contribution in [0.2, 0.25) is 0 Å². The van der Waals surface area contributed by atoms with E-state index >= 15 is 0 Å². The molecule has 0 saturated heterocycles. The van der Waals surface area contributed by atoms with Crippen molar-refractivity contribution in [2.45, 2.75) is 0 Å². The second kappa shape index (κ2) is 5.21. The van der Waals surface area contributed by atoms with E-state index in [0.29, 0.717) is 4.99 Å². The number of rotatable bonds is 3. The van der Waals surface area contributed by atoms with Crippen LogP contribution in [0.5, 0.6) is 0 Å². The van der Waals surface area contributed by atoms with Crippen LogP contribution in [-0.4, -0.2) is 23.1 Å². The van der Waals surface area contributed by atoms with Crippen molar-refractivity contribution in [3.63, 3.8) is 0 Å². The maximum absolute atomic E-state index is 11.8. The molecular formula is C12H14N2OS. The van der Waals surface area contributed by atoms with Gasteiger partial charge in [0.1, 0.15) is 4.99 Å². The molecule has 0 aromatic heterocycles. The third-order valence-corrected chi connectivity index (χ3v) is 3.83. The first-order chi connectivity index (χ1) is 7.77. The molecule has 1 aromatic rings. The number of hydrogen-bond donors (Lipinski definition) is 2. The summed E-state index contributed by atoms with van der Waals surface area (Å²) in [5.74, 6) is 0.854. The zero-order chi connectivity index (χ0) is 11.4. The molecule has 1 aliphatic rings. The molecule has 16 heavy (non-hydrogen) atoms. The fourth-order valence-corrected chi connectivity index (χ4v) is 2.64. The van der Waals surface area contributed by atoms with Gasteiger partial charge in [-0.1, -0.05) is 36.4 Å². The number of benzene rings is 1. The lowest BCUT2D eigenvalue weighted by atomic mass is 10.2. The normalized spacial score (nSPS) is 20.6. The smallest absolute Gasteiger partial charge is 0.203 e. The number of carbonyl (C=O) groups excluding carboxylic acids is 1. The van der Waals surface area contributed by atoms with Crippen molar-refractivity contribution < 1.29 is 4.79 Å². The highest BCUT2D eigenvalue weighted by Crippen LogP contribution is 2.09. The highest BCUT2D eigenvalue weighted by Gasteiger charge is 2.14. The van der Waals surface area contributed by atoms with Gasteiger partial charge in [0.15, 0.2) is 0 Å². The van der Waals surface area contributed by atoms with Crippen LogP contribution >= 0.6 is 10.7 Å². The maximum Gasteiger partial charge on any atom is 0.203 e. The molecule has 0 amide bonds. The van der Waals surface area contributed by atoms with Crippen LogP contribution in [0.4, 0.5) is 0 Å². The Morgan fingerprint density at radius 3 is 2.75 bits per heavy atom. The van der Waals surface area contributed by atoms with Crippen molar-refractivity contribution >= 4 is 27.5 Å².